The zero-order chi connectivity index (χ0) is 13.9. The van der Waals surface area contributed by atoms with Gasteiger partial charge in [0.15, 0.2) is 5.78 Å². The molecule has 1 aromatic carbocycles. The van der Waals surface area contributed by atoms with Gasteiger partial charge in [-0.1, -0.05) is 22.0 Å². The van der Waals surface area contributed by atoms with E-state index in [9.17, 15) is 26.7 Å². The maximum absolute atomic E-state index is 12.7. The van der Waals surface area contributed by atoms with Crippen LogP contribution in [0.1, 0.15) is 34.3 Å². The lowest BCUT2D eigenvalue weighted by Crippen LogP contribution is -2.10. The van der Waals surface area contributed by atoms with Crippen molar-refractivity contribution >= 4 is 21.7 Å². The quantitative estimate of drug-likeness (QED) is 0.447. The largest absolute Gasteiger partial charge is 0.416 e. The first kappa shape index (κ1) is 15.1. The van der Waals surface area contributed by atoms with Crippen molar-refractivity contribution in [1.82, 2.24) is 0 Å². The molecule has 0 aliphatic heterocycles. The Hall–Kier alpha value is -0.980. The minimum atomic E-state index is -4.71. The number of ketones is 1. The maximum atomic E-state index is 12.7. The molecule has 0 atom stereocenters. The third-order valence-corrected chi connectivity index (χ3v) is 2.63. The Bertz CT molecular complexity index is 442. The van der Waals surface area contributed by atoms with Crippen LogP contribution in [0.2, 0.25) is 0 Å². The highest BCUT2D eigenvalue weighted by molar-refractivity contribution is 9.09. The van der Waals surface area contributed by atoms with Crippen LogP contribution >= 0.6 is 15.9 Å². The average molecular weight is 331 g/mol. The fraction of sp³-hybridized carbons (Fsp3) is 0.364. The zero-order valence-electron chi connectivity index (χ0n) is 8.90. The molecule has 0 aliphatic rings. The first-order chi connectivity index (χ1) is 8.27. The van der Waals surface area contributed by atoms with Crippen molar-refractivity contribution in [3.05, 3.63) is 34.9 Å². The van der Waals surface area contributed by atoms with Crippen LogP contribution in [0, 0.1) is 0 Å². The SMILES string of the molecule is O=C(CCBr)c1ccc(C(F)(F)F)cc1C(F)F. The van der Waals surface area contributed by atoms with Gasteiger partial charge in [0.25, 0.3) is 6.43 Å². The Balaban J connectivity index is 3.25. The standard InChI is InChI=1S/C11H8BrF5O/c12-4-3-9(18)7-2-1-6(11(15,16)17)5-8(7)10(13)14/h1-2,5,10H,3-4H2. The molecule has 0 saturated heterocycles. The number of rotatable bonds is 4. The number of benzene rings is 1. The molecule has 18 heavy (non-hydrogen) atoms. The summed E-state index contributed by atoms with van der Waals surface area (Å²) >= 11 is 2.97. The molecule has 0 amide bonds. The minimum Gasteiger partial charge on any atom is -0.294 e. The van der Waals surface area contributed by atoms with E-state index in [1.807, 2.05) is 0 Å². The summed E-state index contributed by atoms with van der Waals surface area (Å²) in [6, 6.07) is 1.76. The number of carbonyl (C=O) groups excluding carboxylic acids is 1. The molecule has 0 unspecified atom stereocenters. The van der Waals surface area contributed by atoms with Gasteiger partial charge in [-0.15, -0.1) is 0 Å². The topological polar surface area (TPSA) is 17.1 Å². The molecule has 1 rings (SSSR count). The van der Waals surface area contributed by atoms with Gasteiger partial charge in [0.2, 0.25) is 0 Å². The van der Waals surface area contributed by atoms with E-state index in [-0.39, 0.29) is 17.3 Å². The molecular weight excluding hydrogens is 323 g/mol. The van der Waals surface area contributed by atoms with Gasteiger partial charge in [0.05, 0.1) is 5.56 Å². The summed E-state index contributed by atoms with van der Waals surface area (Å²) in [7, 11) is 0. The Labute approximate surface area is 108 Å². The molecule has 100 valence electrons. The highest BCUT2D eigenvalue weighted by Crippen LogP contribution is 2.33. The lowest BCUT2D eigenvalue weighted by Gasteiger charge is -2.12. The molecular formula is C11H8BrF5O. The Morgan fingerprint density at radius 1 is 1.28 bits per heavy atom. The summed E-state index contributed by atoms with van der Waals surface area (Å²) in [5.74, 6) is -0.615. The molecule has 1 nitrogen and oxygen atoms in total. The molecule has 0 saturated carbocycles. The van der Waals surface area contributed by atoms with E-state index in [1.54, 1.807) is 0 Å². The van der Waals surface area contributed by atoms with Crippen LogP contribution < -0.4 is 0 Å². The van der Waals surface area contributed by atoms with Crippen LogP contribution in [0.25, 0.3) is 0 Å². The number of alkyl halides is 6. The molecule has 0 spiro atoms. The second-order valence-electron chi connectivity index (χ2n) is 3.46. The molecule has 7 heteroatoms. The molecule has 0 N–H and O–H groups in total. The van der Waals surface area contributed by atoms with E-state index in [2.05, 4.69) is 15.9 Å². The predicted molar refractivity (Wildman–Crippen MR) is 59.1 cm³/mol. The van der Waals surface area contributed by atoms with Crippen LogP contribution in [-0.2, 0) is 6.18 Å². The van der Waals surface area contributed by atoms with Gasteiger partial charge in [0.1, 0.15) is 0 Å². The highest BCUT2D eigenvalue weighted by Gasteiger charge is 2.32. The van der Waals surface area contributed by atoms with Crippen molar-refractivity contribution < 1.29 is 26.7 Å². The van der Waals surface area contributed by atoms with Crippen molar-refractivity contribution in [3.8, 4) is 0 Å². The third-order valence-electron chi connectivity index (χ3n) is 2.24. The summed E-state index contributed by atoms with van der Waals surface area (Å²) in [6.07, 6.45) is -7.88. The molecule has 0 aromatic heterocycles. The lowest BCUT2D eigenvalue weighted by atomic mass is 9.99. The molecule has 0 aliphatic carbocycles. The third kappa shape index (κ3) is 3.51. The van der Waals surface area contributed by atoms with Crippen molar-refractivity contribution in [2.45, 2.75) is 19.0 Å². The first-order valence-electron chi connectivity index (χ1n) is 4.86. The maximum Gasteiger partial charge on any atom is 0.416 e. The Kier molecular flexibility index (Phi) is 4.84. The van der Waals surface area contributed by atoms with Gasteiger partial charge in [-0.05, 0) is 12.1 Å². The highest BCUT2D eigenvalue weighted by atomic mass is 79.9. The Morgan fingerprint density at radius 2 is 1.89 bits per heavy atom. The summed E-state index contributed by atoms with van der Waals surface area (Å²) in [6.45, 7) is 0. The lowest BCUT2D eigenvalue weighted by molar-refractivity contribution is -0.137. The van der Waals surface area contributed by atoms with Crippen LogP contribution in [0.3, 0.4) is 0 Å². The number of halogens is 6. The van der Waals surface area contributed by atoms with Gasteiger partial charge in [-0.2, -0.15) is 13.2 Å². The van der Waals surface area contributed by atoms with Crippen molar-refractivity contribution in [3.63, 3.8) is 0 Å². The fourth-order valence-corrected chi connectivity index (χ4v) is 1.75. The molecule has 0 heterocycles. The van der Waals surface area contributed by atoms with E-state index >= 15 is 0 Å². The van der Waals surface area contributed by atoms with Gasteiger partial charge in [0, 0.05) is 22.9 Å². The van der Waals surface area contributed by atoms with Crippen molar-refractivity contribution in [2.75, 3.05) is 5.33 Å². The first-order valence-corrected chi connectivity index (χ1v) is 5.98. The van der Waals surface area contributed by atoms with Crippen LogP contribution in [0.5, 0.6) is 0 Å². The monoisotopic (exact) mass is 330 g/mol. The second kappa shape index (κ2) is 5.77. The average Bonchev–Trinajstić information content (AvgIpc) is 2.27. The summed E-state index contributed by atoms with van der Waals surface area (Å²) in [5.41, 5.74) is -2.43. The van der Waals surface area contributed by atoms with E-state index in [4.69, 9.17) is 0 Å². The number of hydrogen-bond acceptors (Lipinski definition) is 1. The smallest absolute Gasteiger partial charge is 0.294 e. The summed E-state index contributed by atoms with van der Waals surface area (Å²) < 4.78 is 62.5. The number of hydrogen-bond donors (Lipinski definition) is 0. The minimum absolute atomic E-state index is 0.0505. The van der Waals surface area contributed by atoms with Crippen LogP contribution in [0.4, 0.5) is 22.0 Å². The summed E-state index contributed by atoms with van der Waals surface area (Å²) in [5, 5.41) is 0.259. The normalized spacial score (nSPS) is 11.9. The van der Waals surface area contributed by atoms with E-state index < -0.39 is 29.5 Å². The van der Waals surface area contributed by atoms with E-state index in [0.29, 0.717) is 12.1 Å². The van der Waals surface area contributed by atoms with Gasteiger partial charge in [-0.3, -0.25) is 4.79 Å². The van der Waals surface area contributed by atoms with Crippen LogP contribution in [-0.4, -0.2) is 11.1 Å². The molecule has 0 bridgehead atoms. The second-order valence-corrected chi connectivity index (χ2v) is 4.26. The molecule has 1 aromatic rings. The van der Waals surface area contributed by atoms with Crippen LogP contribution in [0.15, 0.2) is 18.2 Å². The van der Waals surface area contributed by atoms with Gasteiger partial charge >= 0.3 is 6.18 Å². The summed E-state index contributed by atoms with van der Waals surface area (Å²) in [4.78, 5) is 11.5. The van der Waals surface area contributed by atoms with E-state index in [1.165, 1.54) is 0 Å². The predicted octanol–water partition coefficient (Wildman–Crippen LogP) is 4.61. The van der Waals surface area contributed by atoms with Gasteiger partial charge in [-0.25, -0.2) is 8.78 Å². The van der Waals surface area contributed by atoms with Crippen molar-refractivity contribution in [2.24, 2.45) is 0 Å². The van der Waals surface area contributed by atoms with Gasteiger partial charge < -0.3 is 0 Å². The zero-order valence-corrected chi connectivity index (χ0v) is 10.5. The molecule has 0 fully saturated rings. The van der Waals surface area contributed by atoms with Crippen molar-refractivity contribution in [1.29, 1.82) is 0 Å². The van der Waals surface area contributed by atoms with E-state index in [0.717, 1.165) is 6.07 Å². The Morgan fingerprint density at radius 3 is 2.33 bits per heavy atom. The fourth-order valence-electron chi connectivity index (χ4n) is 1.39. The number of Topliss-reactive ketones (excluding diaryl/α,β-unsaturated/α-hetero) is 1. The molecule has 0 radical (unpaired) electrons. The number of carbonyl (C=O) groups is 1.